The van der Waals surface area contributed by atoms with Crippen LogP contribution < -0.4 is 0 Å². The van der Waals surface area contributed by atoms with Crippen LogP contribution in [0.2, 0.25) is 0 Å². The summed E-state index contributed by atoms with van der Waals surface area (Å²) in [5, 5.41) is 25.6. The molecule has 9 nitrogen and oxygen atoms in total. The lowest BCUT2D eigenvalue weighted by atomic mass is 9.85. The molecule has 0 rings (SSSR count). The van der Waals surface area contributed by atoms with Crippen molar-refractivity contribution in [2.45, 2.75) is 6.42 Å². The molecule has 0 aliphatic rings. The number of aliphatic carboxylic acids is 3. The first kappa shape index (κ1) is 14.3. The monoisotopic (exact) mass is 256 g/mol. The van der Waals surface area contributed by atoms with Gasteiger partial charge in [-0.15, -0.1) is 0 Å². The van der Waals surface area contributed by atoms with Gasteiger partial charge in [0.1, 0.15) is 0 Å². The quantitative estimate of drug-likeness (QED) is 0.326. The van der Waals surface area contributed by atoms with Crippen molar-refractivity contribution in [2.75, 3.05) is 5.75 Å². The first-order valence-corrected chi connectivity index (χ1v) is 5.30. The van der Waals surface area contributed by atoms with Crippen LogP contribution in [0.1, 0.15) is 6.42 Å². The highest BCUT2D eigenvalue weighted by Gasteiger charge is 2.54. The Labute approximate surface area is 89.1 Å². The van der Waals surface area contributed by atoms with E-state index in [-0.39, 0.29) is 0 Å². The third kappa shape index (κ3) is 2.90. The van der Waals surface area contributed by atoms with E-state index < -0.39 is 45.6 Å². The molecule has 0 saturated heterocycles. The molecule has 0 aliphatic carbocycles. The van der Waals surface area contributed by atoms with Crippen LogP contribution in [0.5, 0.6) is 0 Å². The predicted molar refractivity (Wildman–Crippen MR) is 46.4 cm³/mol. The lowest BCUT2D eigenvalue weighted by Gasteiger charge is -2.18. The summed E-state index contributed by atoms with van der Waals surface area (Å²) >= 11 is 0. The summed E-state index contributed by atoms with van der Waals surface area (Å²) in [6.45, 7) is 0. The van der Waals surface area contributed by atoms with Crippen molar-refractivity contribution in [1.82, 2.24) is 0 Å². The fraction of sp³-hybridized carbons (Fsp3) is 0.500. The van der Waals surface area contributed by atoms with Crippen LogP contribution in [0.3, 0.4) is 0 Å². The Balaban J connectivity index is 5.32. The molecular weight excluding hydrogens is 248 g/mol. The van der Waals surface area contributed by atoms with Crippen LogP contribution in [0.4, 0.5) is 0 Å². The van der Waals surface area contributed by atoms with Crippen molar-refractivity contribution >= 4 is 28.0 Å². The SMILES string of the molecule is O=C(O)C(CCS(=O)(=O)O)(C(=O)O)C(=O)O. The lowest BCUT2D eigenvalue weighted by Crippen LogP contribution is -2.47. The molecule has 0 atom stereocenters. The van der Waals surface area contributed by atoms with Gasteiger partial charge in [-0.3, -0.25) is 18.9 Å². The molecule has 0 spiro atoms. The van der Waals surface area contributed by atoms with Crippen LogP contribution in [-0.4, -0.2) is 52.0 Å². The van der Waals surface area contributed by atoms with Gasteiger partial charge < -0.3 is 15.3 Å². The van der Waals surface area contributed by atoms with Gasteiger partial charge in [-0.25, -0.2) is 0 Å². The van der Waals surface area contributed by atoms with E-state index in [1.54, 1.807) is 0 Å². The molecule has 10 heteroatoms. The number of carboxylic acids is 3. The molecular formula is C6H8O9S. The fourth-order valence-electron chi connectivity index (χ4n) is 0.877. The molecule has 92 valence electrons. The van der Waals surface area contributed by atoms with Crippen molar-refractivity contribution in [3.8, 4) is 0 Å². The summed E-state index contributed by atoms with van der Waals surface area (Å²) in [5.74, 6) is -7.92. The Kier molecular flexibility index (Phi) is 3.98. The van der Waals surface area contributed by atoms with Crippen molar-refractivity contribution in [3.05, 3.63) is 0 Å². The maximum atomic E-state index is 10.6. The number of carbonyl (C=O) groups is 3. The Bertz CT molecular complexity index is 383. The Hall–Kier alpha value is -1.68. The molecule has 4 N–H and O–H groups in total. The molecule has 0 radical (unpaired) electrons. The topological polar surface area (TPSA) is 166 Å². The minimum absolute atomic E-state index is 1.27. The zero-order valence-corrected chi connectivity index (χ0v) is 8.47. The van der Waals surface area contributed by atoms with Crippen molar-refractivity contribution in [2.24, 2.45) is 5.41 Å². The van der Waals surface area contributed by atoms with E-state index in [1.165, 1.54) is 0 Å². The lowest BCUT2D eigenvalue weighted by molar-refractivity contribution is -0.175. The van der Waals surface area contributed by atoms with E-state index in [4.69, 9.17) is 19.9 Å². The van der Waals surface area contributed by atoms with E-state index in [2.05, 4.69) is 0 Å². The van der Waals surface area contributed by atoms with E-state index >= 15 is 0 Å². The summed E-state index contributed by atoms with van der Waals surface area (Å²) in [4.78, 5) is 31.7. The maximum absolute atomic E-state index is 10.6. The second-order valence-corrected chi connectivity index (χ2v) is 4.43. The zero-order chi connectivity index (χ0) is 13.1. The van der Waals surface area contributed by atoms with Gasteiger partial charge in [-0.05, 0) is 0 Å². The third-order valence-corrected chi connectivity index (χ3v) is 2.55. The van der Waals surface area contributed by atoms with Gasteiger partial charge in [0, 0.05) is 6.42 Å². The Morgan fingerprint density at radius 1 is 0.938 bits per heavy atom. The van der Waals surface area contributed by atoms with Gasteiger partial charge >= 0.3 is 17.9 Å². The highest BCUT2D eigenvalue weighted by molar-refractivity contribution is 7.85. The summed E-state index contributed by atoms with van der Waals surface area (Å²) in [7, 11) is -4.65. The van der Waals surface area contributed by atoms with Gasteiger partial charge in [0.25, 0.3) is 15.5 Å². The van der Waals surface area contributed by atoms with Crippen LogP contribution >= 0.6 is 0 Å². The van der Waals surface area contributed by atoms with Crippen LogP contribution in [0.15, 0.2) is 0 Å². The predicted octanol–water partition coefficient (Wildman–Crippen LogP) is -1.50. The molecule has 0 unspecified atom stereocenters. The highest BCUT2D eigenvalue weighted by atomic mass is 32.2. The van der Waals surface area contributed by atoms with Crippen LogP contribution in [-0.2, 0) is 24.5 Å². The number of carboxylic acid groups (broad SMARTS) is 3. The summed E-state index contributed by atoms with van der Waals surface area (Å²) in [5.41, 5.74) is -3.28. The molecule has 0 aliphatic heterocycles. The second-order valence-electron chi connectivity index (χ2n) is 2.86. The normalized spacial score (nSPS) is 12.1. The molecule has 0 amide bonds. The van der Waals surface area contributed by atoms with Crippen LogP contribution in [0, 0.1) is 5.41 Å². The number of rotatable bonds is 6. The summed E-state index contributed by atoms with van der Waals surface area (Å²) in [6, 6.07) is 0. The van der Waals surface area contributed by atoms with E-state index in [0.717, 1.165) is 0 Å². The number of hydrogen-bond donors (Lipinski definition) is 4. The summed E-state index contributed by atoms with van der Waals surface area (Å²) < 4.78 is 29.0. The second kappa shape index (κ2) is 4.45. The average Bonchev–Trinajstić information content (AvgIpc) is 2.00. The van der Waals surface area contributed by atoms with Crippen LogP contribution in [0.25, 0.3) is 0 Å². The number of hydrogen-bond acceptors (Lipinski definition) is 5. The Morgan fingerprint density at radius 2 is 1.25 bits per heavy atom. The third-order valence-electron chi connectivity index (χ3n) is 1.83. The molecule has 0 heterocycles. The molecule has 0 aromatic carbocycles. The molecule has 0 aromatic rings. The highest BCUT2D eigenvalue weighted by Crippen LogP contribution is 2.24. The van der Waals surface area contributed by atoms with Gasteiger partial charge in [0.15, 0.2) is 0 Å². The van der Waals surface area contributed by atoms with E-state index in [0.29, 0.717) is 0 Å². The first-order valence-electron chi connectivity index (χ1n) is 3.69. The zero-order valence-electron chi connectivity index (χ0n) is 7.65. The van der Waals surface area contributed by atoms with Gasteiger partial charge in [-0.2, -0.15) is 8.42 Å². The van der Waals surface area contributed by atoms with E-state index in [9.17, 15) is 22.8 Å². The average molecular weight is 256 g/mol. The van der Waals surface area contributed by atoms with Crippen molar-refractivity contribution in [1.29, 1.82) is 0 Å². The molecule has 0 bridgehead atoms. The minimum Gasteiger partial charge on any atom is -0.480 e. The molecule has 0 saturated carbocycles. The first-order chi connectivity index (χ1) is 7.04. The van der Waals surface area contributed by atoms with Crippen molar-refractivity contribution in [3.63, 3.8) is 0 Å². The fourth-order valence-corrected chi connectivity index (χ4v) is 1.44. The van der Waals surface area contributed by atoms with E-state index in [1.807, 2.05) is 0 Å². The molecule has 16 heavy (non-hydrogen) atoms. The Morgan fingerprint density at radius 3 is 1.44 bits per heavy atom. The van der Waals surface area contributed by atoms with Gasteiger partial charge in [0.2, 0.25) is 0 Å². The standard InChI is InChI=1S/C6H8O9S/c7-3(8)6(4(9)10,5(11)12)1-2-16(13,14)15/h1-2H2,(H,7,8)(H,9,10)(H,11,12)(H,13,14,15). The largest absolute Gasteiger partial charge is 0.480 e. The smallest absolute Gasteiger partial charge is 0.332 e. The molecule has 0 fully saturated rings. The van der Waals surface area contributed by atoms with Crippen molar-refractivity contribution < 1.29 is 42.7 Å². The summed E-state index contributed by atoms with van der Waals surface area (Å²) in [6.07, 6.45) is -1.27. The minimum atomic E-state index is -4.65. The maximum Gasteiger partial charge on any atom is 0.332 e. The van der Waals surface area contributed by atoms with Gasteiger partial charge in [0.05, 0.1) is 5.75 Å². The van der Waals surface area contributed by atoms with Gasteiger partial charge in [-0.1, -0.05) is 0 Å². The molecule has 0 aromatic heterocycles.